The Hall–Kier alpha value is -2.63. The molecule has 0 spiro atoms. The van der Waals surface area contributed by atoms with Gasteiger partial charge in [-0.1, -0.05) is 18.2 Å². The third kappa shape index (κ3) is 3.11. The Labute approximate surface area is 135 Å². The van der Waals surface area contributed by atoms with Crippen molar-refractivity contribution in [1.82, 2.24) is 24.9 Å². The topological polar surface area (TPSA) is 64.7 Å². The highest BCUT2D eigenvalue weighted by atomic mass is 16.1. The van der Waals surface area contributed by atoms with E-state index in [1.54, 1.807) is 0 Å². The minimum atomic E-state index is 0.0206. The van der Waals surface area contributed by atoms with Crippen molar-refractivity contribution in [3.8, 4) is 0 Å². The highest BCUT2D eigenvalue weighted by Gasteiger charge is 2.11. The van der Waals surface area contributed by atoms with Gasteiger partial charge < -0.3 is 5.32 Å². The maximum atomic E-state index is 12.1. The Morgan fingerprint density at radius 1 is 1.26 bits per heavy atom. The molecule has 2 heterocycles. The van der Waals surface area contributed by atoms with E-state index in [-0.39, 0.29) is 5.91 Å². The predicted octanol–water partition coefficient (Wildman–Crippen LogP) is 2.09. The summed E-state index contributed by atoms with van der Waals surface area (Å²) in [6, 6.07) is 8.00. The standard InChI is InChI=1S/C17H21N5O/c1-12-15(13(2)21(3)20-12)11-18-17(23)8-9-22-16-7-5-4-6-14(16)10-19-22/h4-7,10H,8-9,11H2,1-3H3,(H,18,23). The summed E-state index contributed by atoms with van der Waals surface area (Å²) >= 11 is 0. The number of para-hydroxylation sites is 1. The summed E-state index contributed by atoms with van der Waals surface area (Å²) in [6.07, 6.45) is 2.24. The smallest absolute Gasteiger partial charge is 0.222 e. The summed E-state index contributed by atoms with van der Waals surface area (Å²) in [5.41, 5.74) is 4.19. The monoisotopic (exact) mass is 311 g/mol. The van der Waals surface area contributed by atoms with Crippen LogP contribution in [0.15, 0.2) is 30.5 Å². The zero-order valence-corrected chi connectivity index (χ0v) is 13.7. The molecule has 0 aliphatic rings. The fourth-order valence-corrected chi connectivity index (χ4v) is 2.76. The van der Waals surface area contributed by atoms with Gasteiger partial charge in [0.2, 0.25) is 5.91 Å². The lowest BCUT2D eigenvalue weighted by molar-refractivity contribution is -0.121. The second kappa shape index (κ2) is 6.24. The molecule has 3 aromatic rings. The number of rotatable bonds is 5. The molecule has 0 radical (unpaired) electrons. The first kappa shape index (κ1) is 15.3. The maximum Gasteiger partial charge on any atom is 0.222 e. The zero-order chi connectivity index (χ0) is 16.4. The Bertz CT molecular complexity index is 846. The van der Waals surface area contributed by atoms with E-state index < -0.39 is 0 Å². The van der Waals surface area contributed by atoms with Gasteiger partial charge in [-0.2, -0.15) is 10.2 Å². The third-order valence-electron chi connectivity index (χ3n) is 4.22. The Morgan fingerprint density at radius 3 is 2.78 bits per heavy atom. The van der Waals surface area contributed by atoms with Crippen molar-refractivity contribution in [1.29, 1.82) is 0 Å². The molecule has 23 heavy (non-hydrogen) atoms. The molecule has 3 rings (SSSR count). The van der Waals surface area contributed by atoms with E-state index in [0.29, 0.717) is 19.5 Å². The second-order valence-electron chi connectivity index (χ2n) is 5.73. The molecular weight excluding hydrogens is 290 g/mol. The van der Waals surface area contributed by atoms with Gasteiger partial charge in [0, 0.05) is 36.7 Å². The zero-order valence-electron chi connectivity index (χ0n) is 13.7. The van der Waals surface area contributed by atoms with E-state index in [2.05, 4.69) is 15.5 Å². The molecule has 0 bridgehead atoms. The number of benzene rings is 1. The molecule has 0 saturated carbocycles. The highest BCUT2D eigenvalue weighted by Crippen LogP contribution is 2.13. The molecule has 120 valence electrons. The van der Waals surface area contributed by atoms with E-state index in [4.69, 9.17) is 0 Å². The number of aryl methyl sites for hydroxylation is 3. The van der Waals surface area contributed by atoms with Crippen molar-refractivity contribution >= 4 is 16.8 Å². The Balaban J connectivity index is 1.58. The molecule has 6 nitrogen and oxygen atoms in total. The van der Waals surface area contributed by atoms with E-state index in [9.17, 15) is 4.79 Å². The molecule has 1 aromatic carbocycles. The molecule has 0 unspecified atom stereocenters. The van der Waals surface area contributed by atoms with Gasteiger partial charge in [0.15, 0.2) is 0 Å². The van der Waals surface area contributed by atoms with Gasteiger partial charge in [-0.3, -0.25) is 14.2 Å². The largest absolute Gasteiger partial charge is 0.352 e. The lowest BCUT2D eigenvalue weighted by atomic mass is 10.2. The van der Waals surface area contributed by atoms with Crippen molar-refractivity contribution in [2.24, 2.45) is 7.05 Å². The highest BCUT2D eigenvalue weighted by molar-refractivity contribution is 5.79. The molecular formula is C17H21N5O. The molecule has 1 N–H and O–H groups in total. The number of carbonyl (C=O) groups excluding carboxylic acids is 1. The van der Waals surface area contributed by atoms with Gasteiger partial charge >= 0.3 is 0 Å². The van der Waals surface area contributed by atoms with Crippen LogP contribution in [0.4, 0.5) is 0 Å². The Morgan fingerprint density at radius 2 is 2.04 bits per heavy atom. The maximum absolute atomic E-state index is 12.1. The van der Waals surface area contributed by atoms with Crippen LogP contribution in [0.5, 0.6) is 0 Å². The van der Waals surface area contributed by atoms with Crippen LogP contribution in [0, 0.1) is 13.8 Å². The summed E-state index contributed by atoms with van der Waals surface area (Å²) in [5, 5.41) is 12.8. The summed E-state index contributed by atoms with van der Waals surface area (Å²) in [6.45, 7) is 5.07. The van der Waals surface area contributed by atoms with Crippen LogP contribution >= 0.6 is 0 Å². The van der Waals surface area contributed by atoms with Crippen LogP contribution in [0.25, 0.3) is 10.9 Å². The minimum Gasteiger partial charge on any atom is -0.352 e. The first-order valence-electron chi connectivity index (χ1n) is 7.72. The first-order chi connectivity index (χ1) is 11.1. The van der Waals surface area contributed by atoms with Gasteiger partial charge in [0.25, 0.3) is 0 Å². The van der Waals surface area contributed by atoms with Crippen LogP contribution in [-0.4, -0.2) is 25.5 Å². The van der Waals surface area contributed by atoms with Gasteiger partial charge in [0.05, 0.1) is 24.0 Å². The molecule has 0 saturated heterocycles. The second-order valence-corrected chi connectivity index (χ2v) is 5.73. The fraction of sp³-hybridized carbons (Fsp3) is 0.353. The van der Waals surface area contributed by atoms with Crippen LogP contribution in [0.3, 0.4) is 0 Å². The van der Waals surface area contributed by atoms with Crippen LogP contribution < -0.4 is 5.32 Å². The average molecular weight is 311 g/mol. The number of aromatic nitrogens is 4. The van der Waals surface area contributed by atoms with Gasteiger partial charge in [-0.25, -0.2) is 0 Å². The molecule has 0 fully saturated rings. The molecule has 0 aliphatic heterocycles. The average Bonchev–Trinajstić information content (AvgIpc) is 3.05. The molecule has 0 aliphatic carbocycles. The van der Waals surface area contributed by atoms with E-state index in [1.807, 2.05) is 60.7 Å². The van der Waals surface area contributed by atoms with Crippen molar-refractivity contribution in [2.45, 2.75) is 33.4 Å². The summed E-state index contributed by atoms with van der Waals surface area (Å²) in [7, 11) is 1.91. The number of hydrogen-bond donors (Lipinski definition) is 1. The van der Waals surface area contributed by atoms with Crippen molar-refractivity contribution < 1.29 is 4.79 Å². The first-order valence-corrected chi connectivity index (χ1v) is 7.72. The van der Waals surface area contributed by atoms with Crippen LogP contribution in [0.1, 0.15) is 23.4 Å². The molecule has 2 aromatic heterocycles. The van der Waals surface area contributed by atoms with Crippen molar-refractivity contribution in [2.75, 3.05) is 0 Å². The van der Waals surface area contributed by atoms with E-state index in [0.717, 1.165) is 27.9 Å². The summed E-state index contributed by atoms with van der Waals surface area (Å²) in [4.78, 5) is 12.1. The van der Waals surface area contributed by atoms with Crippen molar-refractivity contribution in [3.05, 3.63) is 47.4 Å². The molecule has 1 amide bonds. The van der Waals surface area contributed by atoms with Gasteiger partial charge in [-0.05, 0) is 19.9 Å². The van der Waals surface area contributed by atoms with Gasteiger partial charge in [-0.15, -0.1) is 0 Å². The number of nitrogens with one attached hydrogen (secondary N) is 1. The minimum absolute atomic E-state index is 0.0206. The normalized spacial score (nSPS) is 11.1. The SMILES string of the molecule is Cc1nn(C)c(C)c1CNC(=O)CCn1ncc2ccccc21. The Kier molecular flexibility index (Phi) is 4.14. The van der Waals surface area contributed by atoms with Crippen LogP contribution in [0.2, 0.25) is 0 Å². The summed E-state index contributed by atoms with van der Waals surface area (Å²) < 4.78 is 3.71. The van der Waals surface area contributed by atoms with E-state index in [1.165, 1.54) is 0 Å². The number of fused-ring (bicyclic) bond motifs is 1. The van der Waals surface area contributed by atoms with Crippen molar-refractivity contribution in [3.63, 3.8) is 0 Å². The quantitative estimate of drug-likeness (QED) is 0.785. The number of carbonyl (C=O) groups is 1. The summed E-state index contributed by atoms with van der Waals surface area (Å²) in [5.74, 6) is 0.0206. The predicted molar refractivity (Wildman–Crippen MR) is 88.9 cm³/mol. The fourth-order valence-electron chi connectivity index (χ4n) is 2.76. The lowest BCUT2D eigenvalue weighted by Crippen LogP contribution is -2.24. The number of nitrogens with zero attached hydrogens (tertiary/aromatic N) is 4. The molecule has 6 heteroatoms. The lowest BCUT2D eigenvalue weighted by Gasteiger charge is -2.07. The van der Waals surface area contributed by atoms with E-state index >= 15 is 0 Å². The van der Waals surface area contributed by atoms with Gasteiger partial charge in [0.1, 0.15) is 0 Å². The molecule has 0 atom stereocenters. The van der Waals surface area contributed by atoms with Crippen LogP contribution in [-0.2, 0) is 24.9 Å². The number of hydrogen-bond acceptors (Lipinski definition) is 3. The number of amides is 1. The third-order valence-corrected chi connectivity index (χ3v) is 4.22.